The number of fused-ring (bicyclic) bond motifs is 2. The summed E-state index contributed by atoms with van der Waals surface area (Å²) in [5.74, 6) is -1.22. The molecule has 0 aromatic heterocycles. The van der Waals surface area contributed by atoms with Gasteiger partial charge in [0, 0.05) is 17.9 Å². The topological polar surface area (TPSA) is 64.3 Å². The van der Waals surface area contributed by atoms with E-state index in [4.69, 9.17) is 5.26 Å². The predicted molar refractivity (Wildman–Crippen MR) is 200 cm³/mol. The molecule has 4 heteroatoms. The Kier molecular flexibility index (Phi) is 12.6. The van der Waals surface area contributed by atoms with Gasteiger partial charge in [0.25, 0.3) is 0 Å². The van der Waals surface area contributed by atoms with E-state index >= 15 is 0 Å². The number of hydrogen-bond donors (Lipinski definition) is 1. The normalized spacial score (nSPS) is 12.6. The van der Waals surface area contributed by atoms with Crippen LogP contribution in [0.25, 0.3) is 17.7 Å². The number of carbonyl (C=O) groups is 1. The number of unbranched alkanes of at least 4 members (excludes halogenated alkanes) is 7. The lowest BCUT2D eigenvalue weighted by atomic mass is 9.94. The first-order valence-electron chi connectivity index (χ1n) is 17.4. The molecule has 0 saturated heterocycles. The summed E-state index contributed by atoms with van der Waals surface area (Å²) in [5, 5.41) is 18.3. The zero-order chi connectivity index (χ0) is 33.6. The fourth-order valence-corrected chi connectivity index (χ4v) is 6.52. The molecule has 4 nitrogen and oxygen atoms in total. The van der Waals surface area contributed by atoms with Crippen molar-refractivity contribution in [3.05, 3.63) is 148 Å². The Hall–Kier alpha value is -5.14. The van der Waals surface area contributed by atoms with Crippen LogP contribution in [-0.2, 0) is 17.6 Å². The molecular weight excluding hydrogens is 588 g/mol. The number of anilines is 2. The largest absolute Gasteiger partial charge is 0.477 e. The summed E-state index contributed by atoms with van der Waals surface area (Å²) < 4.78 is 0. The molecule has 1 aliphatic heterocycles. The predicted octanol–water partition coefficient (Wildman–Crippen LogP) is 11.2. The van der Waals surface area contributed by atoms with Crippen LogP contribution in [0, 0.1) is 11.3 Å². The van der Waals surface area contributed by atoms with Crippen LogP contribution >= 0.6 is 0 Å². The summed E-state index contributed by atoms with van der Waals surface area (Å²) in [6.07, 6.45) is 19.3. The monoisotopic (exact) mass is 634 g/mol. The number of allylic oxidation sites excluding steroid dienone is 2. The fraction of sp³-hybridized carbons (Fsp3) is 0.273. The summed E-state index contributed by atoms with van der Waals surface area (Å²) in [7, 11) is 0. The van der Waals surface area contributed by atoms with Crippen LogP contribution < -0.4 is 4.90 Å². The van der Waals surface area contributed by atoms with E-state index in [0.717, 1.165) is 31.4 Å². The Bertz CT molecular complexity index is 1750. The van der Waals surface area contributed by atoms with Gasteiger partial charge in [0.1, 0.15) is 11.6 Å². The van der Waals surface area contributed by atoms with Crippen LogP contribution in [0.2, 0.25) is 0 Å². The molecule has 0 radical (unpaired) electrons. The van der Waals surface area contributed by atoms with E-state index in [1.807, 2.05) is 6.08 Å². The van der Waals surface area contributed by atoms with Gasteiger partial charge in [-0.3, -0.25) is 0 Å². The third-order valence-corrected chi connectivity index (χ3v) is 9.07. The number of aliphatic carboxylic acids is 1. The zero-order valence-electron chi connectivity index (χ0n) is 28.1. The number of aryl methyl sites for hydroxylation is 2. The van der Waals surface area contributed by atoms with Gasteiger partial charge in [-0.25, -0.2) is 4.79 Å². The van der Waals surface area contributed by atoms with Gasteiger partial charge in [0.15, 0.2) is 0 Å². The average molecular weight is 635 g/mol. The van der Waals surface area contributed by atoms with Crippen molar-refractivity contribution in [3.8, 4) is 6.07 Å². The first kappa shape index (κ1) is 34.2. The lowest BCUT2D eigenvalue weighted by molar-refractivity contribution is -0.132. The van der Waals surface area contributed by atoms with E-state index in [1.54, 1.807) is 12.1 Å². The Labute approximate surface area is 286 Å². The molecule has 1 heterocycles. The SMILES string of the molecule is CCCCCCCCCCN1c2ccc(C=C(c3ccccc3)c3ccccc3)cc2CCc2cc(/C=C/C=C(/C#N)C(=O)O)ccc21. The van der Waals surface area contributed by atoms with Gasteiger partial charge >= 0.3 is 5.97 Å². The molecule has 5 rings (SSSR count). The number of carboxylic acid groups (broad SMARTS) is 1. The van der Waals surface area contributed by atoms with E-state index < -0.39 is 5.97 Å². The second-order valence-corrected chi connectivity index (χ2v) is 12.5. The molecule has 0 fully saturated rings. The maximum absolute atomic E-state index is 11.2. The molecule has 4 aromatic rings. The molecule has 1 N–H and O–H groups in total. The molecule has 1 aliphatic rings. The van der Waals surface area contributed by atoms with Gasteiger partial charge in [0.2, 0.25) is 0 Å². The van der Waals surface area contributed by atoms with Crippen molar-refractivity contribution in [3.63, 3.8) is 0 Å². The number of nitrogens with zero attached hydrogens (tertiary/aromatic N) is 2. The van der Waals surface area contributed by atoms with Gasteiger partial charge in [0.05, 0.1) is 0 Å². The van der Waals surface area contributed by atoms with Crippen LogP contribution in [0.4, 0.5) is 11.4 Å². The van der Waals surface area contributed by atoms with Crippen LogP contribution in [0.15, 0.2) is 115 Å². The second kappa shape index (κ2) is 17.7. The van der Waals surface area contributed by atoms with Crippen molar-refractivity contribution < 1.29 is 9.90 Å². The molecular formula is C44H46N2O2. The number of carboxylic acids is 1. The smallest absolute Gasteiger partial charge is 0.346 e. The van der Waals surface area contributed by atoms with Gasteiger partial charge in [-0.15, -0.1) is 0 Å². The van der Waals surface area contributed by atoms with Crippen molar-refractivity contribution in [1.82, 2.24) is 0 Å². The minimum Gasteiger partial charge on any atom is -0.477 e. The van der Waals surface area contributed by atoms with E-state index in [9.17, 15) is 9.90 Å². The highest BCUT2D eigenvalue weighted by molar-refractivity contribution is 5.92. The van der Waals surface area contributed by atoms with Crippen LogP contribution in [0.1, 0.15) is 91.7 Å². The Morgan fingerprint density at radius 3 is 1.85 bits per heavy atom. The average Bonchev–Trinajstić information content (AvgIpc) is 3.27. The second-order valence-electron chi connectivity index (χ2n) is 12.5. The molecule has 0 unspecified atom stereocenters. The van der Waals surface area contributed by atoms with Gasteiger partial charge in [-0.2, -0.15) is 5.26 Å². The van der Waals surface area contributed by atoms with Gasteiger partial charge in [-0.1, -0.05) is 137 Å². The molecule has 0 amide bonds. The van der Waals surface area contributed by atoms with Crippen LogP contribution in [-0.4, -0.2) is 17.6 Å². The highest BCUT2D eigenvalue weighted by Crippen LogP contribution is 2.38. The number of hydrogen-bond acceptors (Lipinski definition) is 3. The Morgan fingerprint density at radius 2 is 1.29 bits per heavy atom. The van der Waals surface area contributed by atoms with Crippen molar-refractivity contribution in [2.75, 3.05) is 11.4 Å². The summed E-state index contributed by atoms with van der Waals surface area (Å²) in [6, 6.07) is 36.4. The summed E-state index contributed by atoms with van der Waals surface area (Å²) in [6.45, 7) is 3.23. The van der Waals surface area contributed by atoms with Crippen molar-refractivity contribution in [2.24, 2.45) is 0 Å². The van der Waals surface area contributed by atoms with Gasteiger partial charge < -0.3 is 10.0 Å². The first-order valence-corrected chi connectivity index (χ1v) is 17.4. The van der Waals surface area contributed by atoms with Crippen LogP contribution in [0.5, 0.6) is 0 Å². The van der Waals surface area contributed by atoms with E-state index in [1.165, 1.54) is 95.8 Å². The maximum atomic E-state index is 11.2. The van der Waals surface area contributed by atoms with Gasteiger partial charge in [-0.05, 0) is 94.6 Å². The van der Waals surface area contributed by atoms with E-state index in [-0.39, 0.29) is 5.57 Å². The Balaban J connectivity index is 1.44. The minimum atomic E-state index is -1.22. The van der Waals surface area contributed by atoms with Crippen LogP contribution in [0.3, 0.4) is 0 Å². The number of rotatable bonds is 15. The molecule has 244 valence electrons. The summed E-state index contributed by atoms with van der Waals surface area (Å²) >= 11 is 0. The molecule has 0 atom stereocenters. The standard InChI is InChI=1S/C44H46N2O2/c1-2-3-4-5-6-7-8-15-29-46-42-27-23-34(17-16-22-40(33-45)44(47)48)30-38(42)25-26-39-31-35(24-28-43(39)46)32-41(36-18-11-9-12-19-36)37-20-13-10-14-21-37/h9-14,16-24,27-28,30-32H,2-8,15,25-26,29H2,1H3,(H,47,48)/b17-16+,40-22-. The van der Waals surface area contributed by atoms with Crippen molar-refractivity contribution in [1.29, 1.82) is 5.26 Å². The minimum absolute atomic E-state index is 0.277. The molecule has 0 bridgehead atoms. The fourth-order valence-electron chi connectivity index (χ4n) is 6.52. The molecule has 48 heavy (non-hydrogen) atoms. The van der Waals surface area contributed by atoms with E-state index in [0.29, 0.717) is 0 Å². The maximum Gasteiger partial charge on any atom is 0.346 e. The lowest BCUT2D eigenvalue weighted by Gasteiger charge is -2.27. The Morgan fingerprint density at radius 1 is 0.750 bits per heavy atom. The molecule has 0 saturated carbocycles. The van der Waals surface area contributed by atoms with E-state index in [2.05, 4.69) is 115 Å². The van der Waals surface area contributed by atoms with Crippen molar-refractivity contribution in [2.45, 2.75) is 71.1 Å². The summed E-state index contributed by atoms with van der Waals surface area (Å²) in [5.41, 5.74) is 10.7. The molecule has 0 spiro atoms. The highest BCUT2D eigenvalue weighted by atomic mass is 16.4. The number of benzene rings is 4. The third-order valence-electron chi connectivity index (χ3n) is 9.07. The summed E-state index contributed by atoms with van der Waals surface area (Å²) in [4.78, 5) is 13.7. The first-order chi connectivity index (χ1) is 23.6. The number of nitriles is 1. The molecule has 4 aromatic carbocycles. The lowest BCUT2D eigenvalue weighted by Crippen LogP contribution is -2.20. The highest BCUT2D eigenvalue weighted by Gasteiger charge is 2.21. The van der Waals surface area contributed by atoms with Crippen molar-refractivity contribution >= 4 is 35.1 Å². The zero-order valence-corrected chi connectivity index (χ0v) is 28.1. The molecule has 0 aliphatic carbocycles. The third kappa shape index (κ3) is 9.23. The quantitative estimate of drug-likeness (QED) is 0.0464.